The molecule has 0 saturated heterocycles. The van der Waals surface area contributed by atoms with Crippen LogP contribution in [0.25, 0.3) is 0 Å². The molecule has 4 heteroatoms. The quantitative estimate of drug-likeness (QED) is 0.767. The van der Waals surface area contributed by atoms with Gasteiger partial charge in [0.25, 0.3) is 5.88 Å². The zero-order valence-corrected chi connectivity index (χ0v) is 10.5. The fourth-order valence-corrected chi connectivity index (χ4v) is 1.73. The lowest BCUT2D eigenvalue weighted by atomic mass is 10.2. The van der Waals surface area contributed by atoms with Crippen LogP contribution in [0, 0.1) is 6.92 Å². The molecule has 0 fully saturated rings. The van der Waals surface area contributed by atoms with Crippen LogP contribution in [0.5, 0.6) is 5.88 Å². The first-order valence-corrected chi connectivity index (χ1v) is 5.79. The van der Waals surface area contributed by atoms with E-state index in [1.165, 1.54) is 7.11 Å². The van der Waals surface area contributed by atoms with Gasteiger partial charge in [-0.1, -0.05) is 20.3 Å². The van der Waals surface area contributed by atoms with Gasteiger partial charge in [0.1, 0.15) is 0 Å². The summed E-state index contributed by atoms with van der Waals surface area (Å²) in [5.41, 5.74) is 1.78. The second kappa shape index (κ2) is 5.68. The smallest absolute Gasteiger partial charge is 0.313 e. The van der Waals surface area contributed by atoms with Crippen molar-refractivity contribution in [1.82, 2.24) is 9.55 Å². The van der Waals surface area contributed by atoms with Crippen LogP contribution >= 0.6 is 0 Å². The Labute approximate surface area is 96.3 Å². The summed E-state index contributed by atoms with van der Waals surface area (Å²) >= 11 is 0. The van der Waals surface area contributed by atoms with Crippen molar-refractivity contribution in [2.24, 2.45) is 0 Å². The molecule has 0 radical (unpaired) electrons. The predicted octanol–water partition coefficient (Wildman–Crippen LogP) is 1.92. The second-order valence-corrected chi connectivity index (χ2v) is 3.82. The lowest BCUT2D eigenvalue weighted by Gasteiger charge is -2.13. The molecule has 16 heavy (non-hydrogen) atoms. The normalized spacial score (nSPS) is 10.5. The third kappa shape index (κ3) is 2.43. The zero-order chi connectivity index (χ0) is 12.1. The molecule has 0 aliphatic carbocycles. The number of aryl methyl sites for hydroxylation is 1. The molecule has 90 valence electrons. The van der Waals surface area contributed by atoms with Gasteiger partial charge in [-0.3, -0.25) is 4.79 Å². The van der Waals surface area contributed by atoms with Crippen LogP contribution in [-0.2, 0) is 13.0 Å². The van der Waals surface area contributed by atoms with Gasteiger partial charge < -0.3 is 9.30 Å². The van der Waals surface area contributed by atoms with Crippen LogP contribution in [0.4, 0.5) is 0 Å². The standard InChI is InChI=1S/C12H20N2O2/c1-5-7-8-14-9(3)10(6-2)13-11(16-4)12(14)15/h5-8H2,1-4H3. The topological polar surface area (TPSA) is 44.1 Å². The molecule has 1 rings (SSSR count). The van der Waals surface area contributed by atoms with Gasteiger partial charge in [0, 0.05) is 12.2 Å². The van der Waals surface area contributed by atoms with Crippen molar-refractivity contribution in [1.29, 1.82) is 0 Å². The average molecular weight is 224 g/mol. The molecule has 0 aromatic carbocycles. The van der Waals surface area contributed by atoms with Crippen LogP contribution in [0.3, 0.4) is 0 Å². The van der Waals surface area contributed by atoms with E-state index in [2.05, 4.69) is 11.9 Å². The Hall–Kier alpha value is -1.32. The maximum Gasteiger partial charge on any atom is 0.313 e. The Bertz CT molecular complexity index is 410. The third-order valence-corrected chi connectivity index (χ3v) is 2.75. The van der Waals surface area contributed by atoms with Crippen molar-refractivity contribution in [3.05, 3.63) is 21.7 Å². The Balaban J connectivity index is 3.26. The SMILES string of the molecule is CCCCn1c(C)c(CC)nc(OC)c1=O. The van der Waals surface area contributed by atoms with Crippen molar-refractivity contribution in [3.8, 4) is 5.88 Å². The monoisotopic (exact) mass is 224 g/mol. The molecule has 0 unspecified atom stereocenters. The Morgan fingerprint density at radius 1 is 1.38 bits per heavy atom. The highest BCUT2D eigenvalue weighted by Gasteiger charge is 2.12. The number of hydrogen-bond acceptors (Lipinski definition) is 3. The molecule has 1 aromatic heterocycles. The van der Waals surface area contributed by atoms with Gasteiger partial charge in [-0.2, -0.15) is 0 Å². The first-order chi connectivity index (χ1) is 7.65. The summed E-state index contributed by atoms with van der Waals surface area (Å²) in [7, 11) is 1.49. The van der Waals surface area contributed by atoms with E-state index in [0.717, 1.165) is 37.2 Å². The van der Waals surface area contributed by atoms with E-state index in [4.69, 9.17) is 4.74 Å². The van der Waals surface area contributed by atoms with Gasteiger partial charge in [0.2, 0.25) is 0 Å². The van der Waals surface area contributed by atoms with Crippen molar-refractivity contribution < 1.29 is 4.74 Å². The van der Waals surface area contributed by atoms with E-state index in [9.17, 15) is 4.79 Å². The first-order valence-electron chi connectivity index (χ1n) is 5.79. The maximum atomic E-state index is 12.0. The molecule has 0 aliphatic heterocycles. The fourth-order valence-electron chi connectivity index (χ4n) is 1.73. The van der Waals surface area contributed by atoms with Crippen LogP contribution in [0.15, 0.2) is 4.79 Å². The lowest BCUT2D eigenvalue weighted by molar-refractivity contribution is 0.380. The first kappa shape index (κ1) is 12.7. The molecule has 1 aromatic rings. The highest BCUT2D eigenvalue weighted by molar-refractivity contribution is 5.18. The van der Waals surface area contributed by atoms with Crippen molar-refractivity contribution in [2.75, 3.05) is 7.11 Å². The molecule has 4 nitrogen and oxygen atoms in total. The number of rotatable bonds is 5. The van der Waals surface area contributed by atoms with Gasteiger partial charge in [0.05, 0.1) is 12.8 Å². The summed E-state index contributed by atoms with van der Waals surface area (Å²) < 4.78 is 6.79. The molecular weight excluding hydrogens is 204 g/mol. The average Bonchev–Trinajstić information content (AvgIpc) is 2.29. The molecule has 0 N–H and O–H groups in total. The van der Waals surface area contributed by atoms with Gasteiger partial charge in [-0.05, 0) is 19.8 Å². The largest absolute Gasteiger partial charge is 0.477 e. The molecule has 0 spiro atoms. The van der Waals surface area contributed by atoms with Crippen LogP contribution < -0.4 is 10.3 Å². The number of unbranched alkanes of at least 4 members (excludes halogenated alkanes) is 1. The number of methoxy groups -OCH3 is 1. The highest BCUT2D eigenvalue weighted by atomic mass is 16.5. The summed E-state index contributed by atoms with van der Waals surface area (Å²) in [6.45, 7) is 6.83. The minimum Gasteiger partial charge on any atom is -0.477 e. The Morgan fingerprint density at radius 3 is 2.56 bits per heavy atom. The zero-order valence-electron chi connectivity index (χ0n) is 10.5. The van der Waals surface area contributed by atoms with Crippen LogP contribution in [-0.4, -0.2) is 16.7 Å². The van der Waals surface area contributed by atoms with Crippen molar-refractivity contribution in [2.45, 2.75) is 46.6 Å². The van der Waals surface area contributed by atoms with Crippen LogP contribution in [0.2, 0.25) is 0 Å². The molecule has 0 atom stereocenters. The van der Waals surface area contributed by atoms with E-state index in [0.29, 0.717) is 0 Å². The predicted molar refractivity (Wildman–Crippen MR) is 64.1 cm³/mol. The fraction of sp³-hybridized carbons (Fsp3) is 0.667. The van der Waals surface area contributed by atoms with E-state index in [1.54, 1.807) is 4.57 Å². The molecular formula is C12H20N2O2. The summed E-state index contributed by atoms with van der Waals surface area (Å²) in [5, 5.41) is 0. The van der Waals surface area contributed by atoms with E-state index < -0.39 is 0 Å². The highest BCUT2D eigenvalue weighted by Crippen LogP contribution is 2.09. The Morgan fingerprint density at radius 2 is 2.06 bits per heavy atom. The molecule has 0 aliphatic rings. The summed E-state index contributed by atoms with van der Waals surface area (Å²) in [4.78, 5) is 16.2. The minimum absolute atomic E-state index is 0.120. The molecule has 0 saturated carbocycles. The van der Waals surface area contributed by atoms with Gasteiger partial charge in [0.15, 0.2) is 0 Å². The Kier molecular flexibility index (Phi) is 4.52. The molecule has 0 bridgehead atoms. The minimum atomic E-state index is -0.120. The van der Waals surface area contributed by atoms with Gasteiger partial charge in [-0.25, -0.2) is 4.98 Å². The molecule has 1 heterocycles. The number of nitrogens with zero attached hydrogens (tertiary/aromatic N) is 2. The van der Waals surface area contributed by atoms with Crippen LogP contribution in [0.1, 0.15) is 38.1 Å². The van der Waals surface area contributed by atoms with E-state index in [1.807, 2.05) is 13.8 Å². The second-order valence-electron chi connectivity index (χ2n) is 3.82. The summed E-state index contributed by atoms with van der Waals surface area (Å²) in [6.07, 6.45) is 2.88. The van der Waals surface area contributed by atoms with Gasteiger partial charge in [-0.15, -0.1) is 0 Å². The van der Waals surface area contributed by atoms with Crippen molar-refractivity contribution in [3.63, 3.8) is 0 Å². The van der Waals surface area contributed by atoms with Crippen molar-refractivity contribution >= 4 is 0 Å². The molecule has 0 amide bonds. The third-order valence-electron chi connectivity index (χ3n) is 2.75. The summed E-state index contributed by atoms with van der Waals surface area (Å²) in [5.74, 6) is 0.207. The lowest BCUT2D eigenvalue weighted by Crippen LogP contribution is -2.26. The number of ether oxygens (including phenoxy) is 1. The number of hydrogen-bond donors (Lipinski definition) is 0. The van der Waals surface area contributed by atoms with E-state index >= 15 is 0 Å². The maximum absolute atomic E-state index is 12.0. The summed E-state index contributed by atoms with van der Waals surface area (Å²) in [6, 6.07) is 0. The number of aromatic nitrogens is 2. The van der Waals surface area contributed by atoms with Gasteiger partial charge >= 0.3 is 5.56 Å². The van der Waals surface area contributed by atoms with E-state index in [-0.39, 0.29) is 11.4 Å².